The molecule has 3 aromatic rings. The molecule has 1 saturated heterocycles. The second-order valence-electron chi connectivity index (χ2n) is 8.80. The Morgan fingerprint density at radius 1 is 0.912 bits per heavy atom. The van der Waals surface area contributed by atoms with Crippen LogP contribution in [0, 0.1) is 13.8 Å². The van der Waals surface area contributed by atoms with Crippen LogP contribution in [0.1, 0.15) is 56.2 Å². The summed E-state index contributed by atoms with van der Waals surface area (Å²) in [6, 6.07) is 21.4. The number of piperazine rings is 1. The maximum absolute atomic E-state index is 13.1. The van der Waals surface area contributed by atoms with Crippen molar-refractivity contribution in [2.75, 3.05) is 39.3 Å². The standard InChI is InChI=1S/C28H33N3O3/c1-4-34-28(33)25-20(2)26(29-21(25)3)24(32)19-30-15-17-31(18-16-30)27(22-11-7-5-8-12-22)23-13-9-6-10-14-23/h5-14,27,29H,4,15-19H2,1-3H3. The number of nitrogens with one attached hydrogen (secondary N) is 1. The van der Waals surface area contributed by atoms with Crippen molar-refractivity contribution in [3.63, 3.8) is 0 Å². The Hall–Kier alpha value is -3.22. The summed E-state index contributed by atoms with van der Waals surface area (Å²) in [5, 5.41) is 0. The molecule has 0 spiro atoms. The third-order valence-corrected chi connectivity index (χ3v) is 6.57. The van der Waals surface area contributed by atoms with Gasteiger partial charge in [0.05, 0.1) is 30.5 Å². The zero-order valence-electron chi connectivity index (χ0n) is 20.2. The van der Waals surface area contributed by atoms with E-state index in [2.05, 4.69) is 63.3 Å². The Bertz CT molecular complexity index is 1080. The van der Waals surface area contributed by atoms with E-state index in [-0.39, 0.29) is 17.8 Å². The Balaban J connectivity index is 1.43. The molecule has 0 unspecified atom stereocenters. The van der Waals surface area contributed by atoms with Gasteiger partial charge < -0.3 is 9.72 Å². The van der Waals surface area contributed by atoms with Crippen LogP contribution in [-0.2, 0) is 4.74 Å². The van der Waals surface area contributed by atoms with Crippen LogP contribution in [0.2, 0.25) is 0 Å². The molecule has 0 amide bonds. The van der Waals surface area contributed by atoms with Gasteiger partial charge in [0.1, 0.15) is 0 Å². The van der Waals surface area contributed by atoms with Crippen molar-refractivity contribution in [3.8, 4) is 0 Å². The van der Waals surface area contributed by atoms with Gasteiger partial charge in [-0.1, -0.05) is 60.7 Å². The Labute approximate surface area is 201 Å². The number of carbonyl (C=O) groups excluding carboxylic acids is 2. The van der Waals surface area contributed by atoms with Gasteiger partial charge in [-0.15, -0.1) is 0 Å². The number of rotatable bonds is 8. The van der Waals surface area contributed by atoms with Crippen molar-refractivity contribution >= 4 is 11.8 Å². The number of aromatic nitrogens is 1. The van der Waals surface area contributed by atoms with Gasteiger partial charge in [0.15, 0.2) is 5.78 Å². The van der Waals surface area contributed by atoms with Crippen LogP contribution in [0.25, 0.3) is 0 Å². The summed E-state index contributed by atoms with van der Waals surface area (Å²) < 4.78 is 5.15. The maximum Gasteiger partial charge on any atom is 0.340 e. The highest BCUT2D eigenvalue weighted by Crippen LogP contribution is 2.29. The topological polar surface area (TPSA) is 65.6 Å². The highest BCUT2D eigenvalue weighted by atomic mass is 16.5. The van der Waals surface area contributed by atoms with Crippen LogP contribution in [0.3, 0.4) is 0 Å². The molecule has 0 aliphatic carbocycles. The average molecular weight is 460 g/mol. The number of benzene rings is 2. The average Bonchev–Trinajstić information content (AvgIpc) is 3.16. The molecule has 34 heavy (non-hydrogen) atoms. The van der Waals surface area contributed by atoms with Crippen molar-refractivity contribution in [3.05, 3.63) is 94.3 Å². The molecule has 0 atom stereocenters. The molecular formula is C28H33N3O3. The van der Waals surface area contributed by atoms with Gasteiger partial charge in [-0.3, -0.25) is 14.6 Å². The predicted octanol–water partition coefficient (Wildman–Crippen LogP) is 4.40. The van der Waals surface area contributed by atoms with Crippen LogP contribution in [0.4, 0.5) is 0 Å². The number of carbonyl (C=O) groups is 2. The number of aryl methyl sites for hydroxylation is 1. The SMILES string of the molecule is CCOC(=O)c1c(C)[nH]c(C(=O)CN2CCN(C(c3ccccc3)c3ccccc3)CC2)c1C. The van der Waals surface area contributed by atoms with E-state index in [9.17, 15) is 9.59 Å². The minimum absolute atomic E-state index is 0.00673. The lowest BCUT2D eigenvalue weighted by Gasteiger charge is -2.39. The first-order valence-corrected chi connectivity index (χ1v) is 11.9. The first-order chi connectivity index (χ1) is 16.5. The third kappa shape index (κ3) is 5.13. The van der Waals surface area contributed by atoms with E-state index in [0.29, 0.717) is 35.7 Å². The minimum Gasteiger partial charge on any atom is -0.462 e. The van der Waals surface area contributed by atoms with Crippen LogP contribution in [-0.4, -0.2) is 65.9 Å². The first kappa shape index (κ1) is 23.9. The number of esters is 1. The second-order valence-corrected chi connectivity index (χ2v) is 8.80. The fourth-order valence-corrected chi connectivity index (χ4v) is 4.88. The molecular weight excluding hydrogens is 426 g/mol. The van der Waals surface area contributed by atoms with E-state index in [0.717, 1.165) is 26.2 Å². The molecule has 1 aliphatic heterocycles. The molecule has 0 saturated carbocycles. The van der Waals surface area contributed by atoms with Crippen molar-refractivity contribution in [2.45, 2.75) is 26.8 Å². The maximum atomic E-state index is 13.1. The van der Waals surface area contributed by atoms with Gasteiger partial charge in [-0.05, 0) is 37.5 Å². The summed E-state index contributed by atoms with van der Waals surface area (Å²) in [4.78, 5) is 33.2. The van der Waals surface area contributed by atoms with Crippen LogP contribution in [0.5, 0.6) is 0 Å². The lowest BCUT2D eigenvalue weighted by molar-refractivity contribution is 0.0525. The molecule has 2 aromatic carbocycles. The number of H-pyrrole nitrogens is 1. The zero-order valence-corrected chi connectivity index (χ0v) is 20.2. The molecule has 4 rings (SSSR count). The number of hydrogen-bond acceptors (Lipinski definition) is 5. The highest BCUT2D eigenvalue weighted by Gasteiger charge is 2.28. The van der Waals surface area contributed by atoms with E-state index in [4.69, 9.17) is 4.74 Å². The number of ether oxygens (including phenoxy) is 1. The van der Waals surface area contributed by atoms with Crippen molar-refractivity contribution in [2.24, 2.45) is 0 Å². The molecule has 178 valence electrons. The van der Waals surface area contributed by atoms with E-state index in [1.807, 2.05) is 26.0 Å². The minimum atomic E-state index is -0.380. The molecule has 6 heteroatoms. The number of hydrogen-bond donors (Lipinski definition) is 1. The predicted molar refractivity (Wildman–Crippen MR) is 133 cm³/mol. The molecule has 0 radical (unpaired) electrons. The molecule has 1 aromatic heterocycles. The summed E-state index contributed by atoms with van der Waals surface area (Å²) in [5.41, 5.74) is 4.90. The lowest BCUT2D eigenvalue weighted by Crippen LogP contribution is -2.49. The summed E-state index contributed by atoms with van der Waals surface area (Å²) in [6.45, 7) is 9.41. The molecule has 0 bridgehead atoms. The summed E-state index contributed by atoms with van der Waals surface area (Å²) in [6.07, 6.45) is 0. The van der Waals surface area contributed by atoms with E-state index >= 15 is 0 Å². The lowest BCUT2D eigenvalue weighted by atomic mass is 9.96. The summed E-state index contributed by atoms with van der Waals surface area (Å²) >= 11 is 0. The normalized spacial score (nSPS) is 14.9. The first-order valence-electron chi connectivity index (χ1n) is 11.9. The second kappa shape index (κ2) is 10.8. The van der Waals surface area contributed by atoms with Gasteiger partial charge >= 0.3 is 5.97 Å². The largest absolute Gasteiger partial charge is 0.462 e. The monoisotopic (exact) mass is 459 g/mol. The fraction of sp³-hybridized carbons (Fsp3) is 0.357. The van der Waals surface area contributed by atoms with Crippen LogP contribution in [0.15, 0.2) is 60.7 Å². The Morgan fingerprint density at radius 2 is 1.47 bits per heavy atom. The van der Waals surface area contributed by atoms with Gasteiger partial charge in [0.25, 0.3) is 0 Å². The Morgan fingerprint density at radius 3 is 2.00 bits per heavy atom. The molecule has 1 N–H and O–H groups in total. The van der Waals surface area contributed by atoms with Crippen LogP contribution >= 0.6 is 0 Å². The highest BCUT2D eigenvalue weighted by molar-refractivity contribution is 6.02. The van der Waals surface area contributed by atoms with Crippen molar-refractivity contribution < 1.29 is 14.3 Å². The van der Waals surface area contributed by atoms with Crippen molar-refractivity contribution in [1.29, 1.82) is 0 Å². The molecule has 1 aliphatic rings. The fourth-order valence-electron chi connectivity index (χ4n) is 4.88. The summed E-state index contributed by atoms with van der Waals surface area (Å²) in [7, 11) is 0. The van der Waals surface area contributed by atoms with E-state index in [1.165, 1.54) is 11.1 Å². The van der Waals surface area contributed by atoms with Gasteiger partial charge in [0, 0.05) is 31.9 Å². The number of ketones is 1. The molecule has 6 nitrogen and oxygen atoms in total. The zero-order chi connectivity index (χ0) is 24.1. The Kier molecular flexibility index (Phi) is 7.60. The molecule has 2 heterocycles. The van der Waals surface area contributed by atoms with Gasteiger partial charge in [-0.25, -0.2) is 4.79 Å². The third-order valence-electron chi connectivity index (χ3n) is 6.57. The van der Waals surface area contributed by atoms with Gasteiger partial charge in [-0.2, -0.15) is 0 Å². The smallest absolute Gasteiger partial charge is 0.340 e. The number of nitrogens with zero attached hydrogens (tertiary/aromatic N) is 2. The van der Waals surface area contributed by atoms with Crippen LogP contribution < -0.4 is 0 Å². The number of aromatic amines is 1. The van der Waals surface area contributed by atoms with Crippen molar-refractivity contribution in [1.82, 2.24) is 14.8 Å². The quantitative estimate of drug-likeness (QED) is 0.400. The van der Waals surface area contributed by atoms with E-state index in [1.54, 1.807) is 6.92 Å². The molecule has 1 fully saturated rings. The van der Waals surface area contributed by atoms with Gasteiger partial charge in [0.2, 0.25) is 0 Å². The summed E-state index contributed by atoms with van der Waals surface area (Å²) in [5.74, 6) is -0.374. The number of Topliss-reactive ketones (excluding diaryl/α,β-unsaturated/α-hetero) is 1. The van der Waals surface area contributed by atoms with E-state index < -0.39 is 0 Å².